The van der Waals surface area contributed by atoms with Crippen LogP contribution >= 0.6 is 0 Å². The average molecular weight is 544 g/mol. The lowest BCUT2D eigenvalue weighted by molar-refractivity contribution is -0.138. The second-order valence-corrected chi connectivity index (χ2v) is 10.5. The first-order chi connectivity index (χ1) is 18.5. The first-order valence-corrected chi connectivity index (χ1v) is 13.3. The molecule has 1 aromatic carbocycles. The van der Waals surface area contributed by atoms with Gasteiger partial charge in [-0.15, -0.1) is 0 Å². The Labute approximate surface area is 224 Å². The molecule has 3 amide bonds. The fourth-order valence-electron chi connectivity index (χ4n) is 5.95. The highest BCUT2D eigenvalue weighted by Gasteiger charge is 2.42. The molecule has 0 saturated carbocycles. The Hall–Kier alpha value is -3.60. The van der Waals surface area contributed by atoms with E-state index in [2.05, 4.69) is 20.5 Å². The van der Waals surface area contributed by atoms with Crippen LogP contribution in [-0.2, 0) is 15.8 Å². The molecule has 0 spiro atoms. The van der Waals surface area contributed by atoms with Crippen molar-refractivity contribution in [3.8, 4) is 0 Å². The lowest BCUT2D eigenvalue weighted by atomic mass is 9.98. The monoisotopic (exact) mass is 543 g/mol. The van der Waals surface area contributed by atoms with Gasteiger partial charge in [0, 0.05) is 48.7 Å². The SMILES string of the molecule is CC(=O)Nc1ccc2c(c1)/C(=C/c1[nH]c(C)c(C(=O)N3CCC(N4CCCCC4)CC3)c1C(F)(F)F)C(=O)N2. The van der Waals surface area contributed by atoms with E-state index in [9.17, 15) is 27.6 Å². The van der Waals surface area contributed by atoms with Crippen molar-refractivity contribution >= 4 is 40.7 Å². The number of H-pyrrole nitrogens is 1. The van der Waals surface area contributed by atoms with Gasteiger partial charge in [0.05, 0.1) is 22.4 Å². The number of fused-ring (bicyclic) bond motifs is 1. The number of rotatable bonds is 4. The zero-order valence-electron chi connectivity index (χ0n) is 22.0. The van der Waals surface area contributed by atoms with Gasteiger partial charge in [-0.1, -0.05) is 6.42 Å². The van der Waals surface area contributed by atoms with Crippen LogP contribution in [0, 0.1) is 6.92 Å². The van der Waals surface area contributed by atoms with E-state index in [-0.39, 0.29) is 22.9 Å². The summed E-state index contributed by atoms with van der Waals surface area (Å²) in [5.41, 5.74) is -0.537. The van der Waals surface area contributed by atoms with E-state index in [1.165, 1.54) is 31.2 Å². The van der Waals surface area contributed by atoms with E-state index in [1.54, 1.807) is 12.1 Å². The second-order valence-electron chi connectivity index (χ2n) is 10.5. The van der Waals surface area contributed by atoms with Crippen molar-refractivity contribution in [2.24, 2.45) is 0 Å². The third-order valence-corrected chi connectivity index (χ3v) is 7.78. The summed E-state index contributed by atoms with van der Waals surface area (Å²) in [5.74, 6) is -1.54. The minimum atomic E-state index is -4.83. The molecule has 0 unspecified atom stereocenters. The molecule has 3 aliphatic heterocycles. The van der Waals surface area contributed by atoms with Gasteiger partial charge in [0.1, 0.15) is 0 Å². The van der Waals surface area contributed by atoms with Crippen LogP contribution in [0.5, 0.6) is 0 Å². The first-order valence-electron chi connectivity index (χ1n) is 13.3. The molecule has 0 bridgehead atoms. The summed E-state index contributed by atoms with van der Waals surface area (Å²) < 4.78 is 43.4. The largest absolute Gasteiger partial charge is 0.419 e. The normalized spacial score (nSPS) is 19.8. The number of nitrogens with one attached hydrogen (secondary N) is 3. The van der Waals surface area contributed by atoms with Crippen LogP contribution in [-0.4, -0.2) is 64.7 Å². The Balaban J connectivity index is 1.45. The van der Waals surface area contributed by atoms with Gasteiger partial charge in [-0.3, -0.25) is 14.4 Å². The van der Waals surface area contributed by atoms with E-state index < -0.39 is 29.1 Å². The maximum Gasteiger partial charge on any atom is 0.419 e. The molecule has 0 aliphatic carbocycles. The first kappa shape index (κ1) is 27.0. The number of likely N-dealkylation sites (tertiary alicyclic amines) is 2. The van der Waals surface area contributed by atoms with Gasteiger partial charge in [0.25, 0.3) is 11.8 Å². The number of halogens is 3. The molecule has 3 N–H and O–H groups in total. The number of carbonyl (C=O) groups is 3. The minimum absolute atomic E-state index is 0.00490. The Bertz CT molecular complexity index is 1330. The number of alkyl halides is 3. The molecular weight excluding hydrogens is 511 g/mol. The Morgan fingerprint density at radius 1 is 1.08 bits per heavy atom. The van der Waals surface area contributed by atoms with Gasteiger partial charge in [0.2, 0.25) is 5.91 Å². The van der Waals surface area contributed by atoms with E-state index >= 15 is 0 Å². The number of aromatic amines is 1. The molecular formula is C28H32F3N5O3. The maximum atomic E-state index is 14.5. The fraction of sp³-hybridized carbons (Fsp3) is 0.464. The maximum absolute atomic E-state index is 14.5. The zero-order valence-corrected chi connectivity index (χ0v) is 22.0. The summed E-state index contributed by atoms with van der Waals surface area (Å²) in [6, 6.07) is 5.05. The van der Waals surface area contributed by atoms with Crippen LogP contribution in [0.1, 0.15) is 71.9 Å². The van der Waals surface area contributed by atoms with Gasteiger partial charge >= 0.3 is 6.18 Å². The van der Waals surface area contributed by atoms with Gasteiger partial charge in [0.15, 0.2) is 0 Å². The molecule has 2 fully saturated rings. The molecule has 11 heteroatoms. The third-order valence-electron chi connectivity index (χ3n) is 7.78. The van der Waals surface area contributed by atoms with Crippen LogP contribution in [0.4, 0.5) is 24.5 Å². The predicted molar refractivity (Wildman–Crippen MR) is 142 cm³/mol. The molecule has 208 valence electrons. The van der Waals surface area contributed by atoms with Crippen LogP contribution < -0.4 is 10.6 Å². The summed E-state index contributed by atoms with van der Waals surface area (Å²) >= 11 is 0. The van der Waals surface area contributed by atoms with Crippen molar-refractivity contribution in [2.75, 3.05) is 36.8 Å². The minimum Gasteiger partial charge on any atom is -0.358 e. The number of aryl methyl sites for hydroxylation is 1. The van der Waals surface area contributed by atoms with E-state index in [0.29, 0.717) is 36.1 Å². The topological polar surface area (TPSA) is 97.5 Å². The summed E-state index contributed by atoms with van der Waals surface area (Å²) in [7, 11) is 0. The molecule has 0 radical (unpaired) electrons. The smallest absolute Gasteiger partial charge is 0.358 e. The Morgan fingerprint density at radius 2 is 1.77 bits per heavy atom. The lowest BCUT2D eigenvalue weighted by Crippen LogP contribution is -2.48. The predicted octanol–water partition coefficient (Wildman–Crippen LogP) is 4.88. The van der Waals surface area contributed by atoms with Crippen molar-refractivity contribution in [2.45, 2.75) is 58.2 Å². The van der Waals surface area contributed by atoms with E-state index in [1.807, 2.05) is 0 Å². The van der Waals surface area contributed by atoms with Gasteiger partial charge in [-0.2, -0.15) is 13.2 Å². The Kier molecular flexibility index (Phi) is 7.28. The molecule has 2 aromatic rings. The van der Waals surface area contributed by atoms with Gasteiger partial charge in [-0.25, -0.2) is 0 Å². The van der Waals surface area contributed by atoms with Crippen LogP contribution in [0.25, 0.3) is 11.6 Å². The second kappa shape index (κ2) is 10.5. The van der Waals surface area contributed by atoms with Crippen LogP contribution in [0.2, 0.25) is 0 Å². The zero-order chi connectivity index (χ0) is 27.9. The molecule has 2 saturated heterocycles. The van der Waals surface area contributed by atoms with Crippen LogP contribution in [0.15, 0.2) is 18.2 Å². The summed E-state index contributed by atoms with van der Waals surface area (Å²) in [6.07, 6.45) is 1.32. The highest BCUT2D eigenvalue weighted by atomic mass is 19.4. The quantitative estimate of drug-likeness (QED) is 0.479. The highest BCUT2D eigenvalue weighted by molar-refractivity contribution is 6.35. The number of hydrogen-bond acceptors (Lipinski definition) is 4. The fourth-order valence-corrected chi connectivity index (χ4v) is 5.95. The number of anilines is 2. The van der Waals surface area contributed by atoms with Crippen molar-refractivity contribution in [1.82, 2.24) is 14.8 Å². The number of nitrogens with zero attached hydrogens (tertiary/aromatic N) is 2. The molecule has 39 heavy (non-hydrogen) atoms. The van der Waals surface area contributed by atoms with Gasteiger partial charge in [-0.05, 0) is 70.0 Å². The number of hydrogen-bond donors (Lipinski definition) is 3. The number of amides is 3. The lowest BCUT2D eigenvalue weighted by Gasteiger charge is -2.40. The number of piperidine rings is 2. The molecule has 1 aromatic heterocycles. The summed E-state index contributed by atoms with van der Waals surface area (Å²) in [4.78, 5) is 44.4. The van der Waals surface area contributed by atoms with Crippen molar-refractivity contribution in [3.63, 3.8) is 0 Å². The van der Waals surface area contributed by atoms with E-state index in [4.69, 9.17) is 0 Å². The van der Waals surface area contributed by atoms with Crippen molar-refractivity contribution in [1.29, 1.82) is 0 Å². The standard InChI is InChI=1S/C28H32F3N5O3/c1-16-24(27(39)36-12-8-19(9-13-36)35-10-4-3-5-11-35)25(28(29,30)31)23(32-16)15-21-20-14-18(33-17(2)37)6-7-22(20)34-26(21)38/h6-7,14-15,19,32H,3-5,8-13H2,1-2H3,(H,33,37)(H,34,38)/b21-15-. The van der Waals surface area contributed by atoms with Crippen LogP contribution in [0.3, 0.4) is 0 Å². The van der Waals surface area contributed by atoms with Crippen molar-refractivity contribution < 1.29 is 27.6 Å². The Morgan fingerprint density at radius 3 is 2.41 bits per heavy atom. The van der Waals surface area contributed by atoms with Gasteiger partial charge < -0.3 is 25.4 Å². The number of aromatic nitrogens is 1. The molecule has 4 heterocycles. The number of carbonyl (C=O) groups excluding carboxylic acids is 3. The average Bonchev–Trinajstić information content (AvgIpc) is 3.39. The molecule has 8 nitrogen and oxygen atoms in total. The highest BCUT2D eigenvalue weighted by Crippen LogP contribution is 2.41. The molecule has 0 atom stereocenters. The van der Waals surface area contributed by atoms with Crippen molar-refractivity contribution in [3.05, 3.63) is 46.3 Å². The summed E-state index contributed by atoms with van der Waals surface area (Å²) in [6.45, 7) is 5.66. The third kappa shape index (κ3) is 5.45. The molecule has 3 aliphatic rings. The van der Waals surface area contributed by atoms with E-state index in [0.717, 1.165) is 44.8 Å². The summed E-state index contributed by atoms with van der Waals surface area (Å²) in [5, 5.41) is 5.25. The molecule has 5 rings (SSSR count). The number of benzene rings is 1.